The second kappa shape index (κ2) is 6.10. The van der Waals surface area contributed by atoms with E-state index in [1.807, 2.05) is 12.1 Å². The number of amides is 1. The zero-order chi connectivity index (χ0) is 14.8. The van der Waals surface area contributed by atoms with E-state index in [2.05, 4.69) is 4.98 Å². The van der Waals surface area contributed by atoms with Crippen LogP contribution in [0.4, 0.5) is 0 Å². The molecule has 0 spiro atoms. The van der Waals surface area contributed by atoms with Gasteiger partial charge in [0.05, 0.1) is 23.2 Å². The van der Waals surface area contributed by atoms with Crippen LogP contribution in [0.25, 0.3) is 0 Å². The SMILES string of the molecule is O=C(c1ccc[nH]1)N1CCO[C@@H](c2ccc(Cl)c(Cl)c2)C1. The fourth-order valence-corrected chi connectivity index (χ4v) is 2.69. The Morgan fingerprint density at radius 2 is 2.14 bits per heavy atom. The van der Waals surface area contributed by atoms with Crippen LogP contribution < -0.4 is 0 Å². The smallest absolute Gasteiger partial charge is 0.270 e. The van der Waals surface area contributed by atoms with Crippen molar-refractivity contribution < 1.29 is 9.53 Å². The minimum atomic E-state index is -0.188. The predicted octanol–water partition coefficient (Wildman–Crippen LogP) is 3.54. The van der Waals surface area contributed by atoms with E-state index >= 15 is 0 Å². The lowest BCUT2D eigenvalue weighted by molar-refractivity contribution is -0.0229. The minimum Gasteiger partial charge on any atom is -0.370 e. The lowest BCUT2D eigenvalue weighted by Crippen LogP contribution is -2.42. The summed E-state index contributed by atoms with van der Waals surface area (Å²) in [4.78, 5) is 17.1. The maximum atomic E-state index is 12.4. The first-order valence-corrected chi connectivity index (χ1v) is 7.40. The van der Waals surface area contributed by atoms with Crippen molar-refractivity contribution >= 4 is 29.1 Å². The summed E-state index contributed by atoms with van der Waals surface area (Å²) in [5, 5.41) is 1.00. The monoisotopic (exact) mass is 324 g/mol. The highest BCUT2D eigenvalue weighted by atomic mass is 35.5. The topological polar surface area (TPSA) is 45.3 Å². The van der Waals surface area contributed by atoms with E-state index < -0.39 is 0 Å². The molecule has 1 amide bonds. The standard InChI is InChI=1S/C15H14Cl2N2O2/c16-11-4-3-10(8-12(11)17)14-9-19(6-7-21-14)15(20)13-2-1-5-18-13/h1-5,8,14,18H,6-7,9H2/t14-/m1/s1. The number of benzene rings is 1. The summed E-state index contributed by atoms with van der Waals surface area (Å²) in [5.41, 5.74) is 1.51. The number of hydrogen-bond donors (Lipinski definition) is 1. The molecule has 0 bridgehead atoms. The zero-order valence-corrected chi connectivity index (χ0v) is 12.7. The fourth-order valence-electron chi connectivity index (χ4n) is 2.38. The summed E-state index contributed by atoms with van der Waals surface area (Å²) in [6, 6.07) is 8.99. The van der Waals surface area contributed by atoms with Crippen LogP contribution in [-0.2, 0) is 4.74 Å². The summed E-state index contributed by atoms with van der Waals surface area (Å²) in [5.74, 6) is -0.0200. The van der Waals surface area contributed by atoms with Gasteiger partial charge in [0.2, 0.25) is 0 Å². The largest absolute Gasteiger partial charge is 0.370 e. The Kier molecular flexibility index (Phi) is 4.19. The molecule has 21 heavy (non-hydrogen) atoms. The first-order chi connectivity index (χ1) is 10.1. The van der Waals surface area contributed by atoms with Crippen molar-refractivity contribution in [1.82, 2.24) is 9.88 Å². The fraction of sp³-hybridized carbons (Fsp3) is 0.267. The molecule has 1 aromatic carbocycles. The average Bonchev–Trinajstić information content (AvgIpc) is 3.04. The quantitative estimate of drug-likeness (QED) is 0.918. The molecule has 1 aromatic heterocycles. The van der Waals surface area contributed by atoms with Crippen LogP contribution in [0.15, 0.2) is 36.5 Å². The highest BCUT2D eigenvalue weighted by Gasteiger charge is 2.26. The lowest BCUT2D eigenvalue weighted by Gasteiger charge is -2.33. The number of H-pyrrole nitrogens is 1. The maximum absolute atomic E-state index is 12.4. The van der Waals surface area contributed by atoms with Crippen LogP contribution >= 0.6 is 23.2 Å². The van der Waals surface area contributed by atoms with Crippen molar-refractivity contribution in [1.29, 1.82) is 0 Å². The number of nitrogens with one attached hydrogen (secondary N) is 1. The van der Waals surface area contributed by atoms with Gasteiger partial charge in [-0.3, -0.25) is 4.79 Å². The molecule has 0 aliphatic carbocycles. The Morgan fingerprint density at radius 3 is 2.86 bits per heavy atom. The van der Waals surface area contributed by atoms with Crippen LogP contribution in [0.2, 0.25) is 10.0 Å². The van der Waals surface area contributed by atoms with Crippen molar-refractivity contribution in [3.05, 3.63) is 57.8 Å². The molecule has 2 heterocycles. The molecular formula is C15H14Cl2N2O2. The van der Waals surface area contributed by atoms with Crippen molar-refractivity contribution in [3.63, 3.8) is 0 Å². The van der Waals surface area contributed by atoms with E-state index in [-0.39, 0.29) is 12.0 Å². The molecule has 4 nitrogen and oxygen atoms in total. The molecule has 1 aliphatic heterocycles. The van der Waals surface area contributed by atoms with Gasteiger partial charge in [-0.25, -0.2) is 0 Å². The molecule has 0 saturated carbocycles. The Labute approximate surface area is 132 Å². The molecule has 1 saturated heterocycles. The number of aromatic nitrogens is 1. The number of hydrogen-bond acceptors (Lipinski definition) is 2. The van der Waals surface area contributed by atoms with Gasteiger partial charge in [-0.05, 0) is 29.8 Å². The van der Waals surface area contributed by atoms with Gasteiger partial charge in [-0.15, -0.1) is 0 Å². The first-order valence-electron chi connectivity index (χ1n) is 6.64. The normalized spacial score (nSPS) is 18.8. The van der Waals surface area contributed by atoms with Crippen LogP contribution in [0.3, 0.4) is 0 Å². The van der Waals surface area contributed by atoms with Gasteiger partial charge in [0.25, 0.3) is 5.91 Å². The van der Waals surface area contributed by atoms with E-state index in [1.54, 1.807) is 29.3 Å². The molecule has 2 aromatic rings. The van der Waals surface area contributed by atoms with Gasteiger partial charge in [0.1, 0.15) is 11.8 Å². The molecule has 3 rings (SSSR count). The van der Waals surface area contributed by atoms with E-state index in [0.717, 1.165) is 5.56 Å². The third-order valence-corrected chi connectivity index (χ3v) is 4.24. The Morgan fingerprint density at radius 1 is 1.29 bits per heavy atom. The number of morpholine rings is 1. The van der Waals surface area contributed by atoms with Crippen LogP contribution in [0.1, 0.15) is 22.2 Å². The minimum absolute atomic E-state index is 0.0200. The summed E-state index contributed by atoms with van der Waals surface area (Å²) >= 11 is 12.0. The summed E-state index contributed by atoms with van der Waals surface area (Å²) < 4.78 is 5.75. The predicted molar refractivity (Wildman–Crippen MR) is 81.9 cm³/mol. The number of rotatable bonds is 2. The zero-order valence-electron chi connectivity index (χ0n) is 11.2. The second-order valence-electron chi connectivity index (χ2n) is 4.87. The number of nitrogens with zero attached hydrogens (tertiary/aromatic N) is 1. The van der Waals surface area contributed by atoms with Crippen molar-refractivity contribution in [2.45, 2.75) is 6.10 Å². The number of aromatic amines is 1. The van der Waals surface area contributed by atoms with Gasteiger partial charge in [-0.1, -0.05) is 29.3 Å². The van der Waals surface area contributed by atoms with Crippen LogP contribution in [0, 0.1) is 0 Å². The number of halogens is 2. The van der Waals surface area contributed by atoms with Gasteiger partial charge in [-0.2, -0.15) is 0 Å². The van der Waals surface area contributed by atoms with Crippen LogP contribution in [-0.4, -0.2) is 35.5 Å². The summed E-state index contributed by atoms with van der Waals surface area (Å²) in [6.45, 7) is 1.57. The molecule has 1 fully saturated rings. The van der Waals surface area contributed by atoms with Crippen LogP contribution in [0.5, 0.6) is 0 Å². The molecule has 1 atom stereocenters. The molecule has 1 aliphatic rings. The highest BCUT2D eigenvalue weighted by Crippen LogP contribution is 2.29. The second-order valence-corrected chi connectivity index (χ2v) is 5.68. The molecule has 0 radical (unpaired) electrons. The maximum Gasteiger partial charge on any atom is 0.270 e. The van der Waals surface area contributed by atoms with Crippen molar-refractivity contribution in [2.75, 3.05) is 19.7 Å². The Bertz CT molecular complexity index is 643. The first kappa shape index (κ1) is 14.4. The van der Waals surface area contributed by atoms with E-state index in [1.165, 1.54) is 0 Å². The Balaban J connectivity index is 1.76. The molecular weight excluding hydrogens is 311 g/mol. The molecule has 6 heteroatoms. The molecule has 0 unspecified atom stereocenters. The average molecular weight is 325 g/mol. The molecule has 1 N–H and O–H groups in total. The van der Waals surface area contributed by atoms with Crippen molar-refractivity contribution in [2.24, 2.45) is 0 Å². The van der Waals surface area contributed by atoms with Crippen molar-refractivity contribution in [3.8, 4) is 0 Å². The summed E-state index contributed by atoms with van der Waals surface area (Å²) in [7, 11) is 0. The van der Waals surface area contributed by atoms with Gasteiger partial charge >= 0.3 is 0 Å². The van der Waals surface area contributed by atoms with Gasteiger partial charge in [0.15, 0.2) is 0 Å². The third kappa shape index (κ3) is 3.07. The van der Waals surface area contributed by atoms with Gasteiger partial charge < -0.3 is 14.6 Å². The Hall–Kier alpha value is -1.49. The van der Waals surface area contributed by atoms with E-state index in [9.17, 15) is 4.79 Å². The van der Waals surface area contributed by atoms with Gasteiger partial charge in [0, 0.05) is 12.7 Å². The molecule has 110 valence electrons. The number of carbonyl (C=O) groups is 1. The lowest BCUT2D eigenvalue weighted by atomic mass is 10.1. The van der Waals surface area contributed by atoms with E-state index in [0.29, 0.717) is 35.4 Å². The third-order valence-electron chi connectivity index (χ3n) is 3.50. The van der Waals surface area contributed by atoms with E-state index in [4.69, 9.17) is 27.9 Å². The summed E-state index contributed by atoms with van der Waals surface area (Å²) in [6.07, 6.45) is 1.55. The number of ether oxygens (including phenoxy) is 1. The number of carbonyl (C=O) groups excluding carboxylic acids is 1. The highest BCUT2D eigenvalue weighted by molar-refractivity contribution is 6.42.